The van der Waals surface area contributed by atoms with Crippen LogP contribution in [0.4, 0.5) is 5.69 Å². The molecule has 2 rings (SSSR count). The van der Waals surface area contributed by atoms with Crippen molar-refractivity contribution in [2.24, 2.45) is 0 Å². The van der Waals surface area contributed by atoms with Gasteiger partial charge in [0.25, 0.3) is 5.91 Å². The van der Waals surface area contributed by atoms with Crippen LogP contribution in [0.5, 0.6) is 0 Å². The van der Waals surface area contributed by atoms with Crippen LogP contribution in [0.2, 0.25) is 5.15 Å². The second-order valence-electron chi connectivity index (χ2n) is 3.96. The quantitative estimate of drug-likeness (QED) is 0.879. The minimum absolute atomic E-state index is 0.158. The fourth-order valence-electron chi connectivity index (χ4n) is 1.40. The van der Waals surface area contributed by atoms with Gasteiger partial charge in [0, 0.05) is 11.9 Å². The van der Waals surface area contributed by atoms with Crippen molar-refractivity contribution in [3.05, 3.63) is 34.1 Å². The Morgan fingerprint density at radius 3 is 2.94 bits per heavy atom. The van der Waals surface area contributed by atoms with Crippen molar-refractivity contribution in [2.45, 2.75) is 19.8 Å². The van der Waals surface area contributed by atoms with Gasteiger partial charge in [0.05, 0.1) is 5.69 Å². The van der Waals surface area contributed by atoms with E-state index in [0.717, 1.165) is 11.5 Å². The van der Waals surface area contributed by atoms with Crippen LogP contribution in [0.15, 0.2) is 18.3 Å². The van der Waals surface area contributed by atoms with Crippen molar-refractivity contribution < 1.29 is 4.79 Å². The van der Waals surface area contributed by atoms with Gasteiger partial charge >= 0.3 is 0 Å². The number of nitrogens with one attached hydrogen (secondary N) is 1. The standard InChI is InChI=1S/C11H11ClN4OS/c1-6(2)9-10(18-16-15-9)11(17)14-7-3-4-13-8(12)5-7/h3-6H,1-2H3,(H,13,14,17). The lowest BCUT2D eigenvalue weighted by Gasteiger charge is -2.05. The van der Waals surface area contributed by atoms with E-state index in [0.29, 0.717) is 21.4 Å². The molecule has 1 amide bonds. The van der Waals surface area contributed by atoms with E-state index in [1.165, 1.54) is 6.20 Å². The molecule has 0 radical (unpaired) electrons. The largest absolute Gasteiger partial charge is 0.321 e. The first-order chi connectivity index (χ1) is 8.58. The highest BCUT2D eigenvalue weighted by Gasteiger charge is 2.18. The van der Waals surface area contributed by atoms with Crippen LogP contribution < -0.4 is 5.32 Å². The predicted molar refractivity (Wildman–Crippen MR) is 71.2 cm³/mol. The van der Waals surface area contributed by atoms with Gasteiger partial charge in [-0.1, -0.05) is 29.9 Å². The SMILES string of the molecule is CC(C)c1nnsc1C(=O)Nc1ccnc(Cl)c1. The van der Waals surface area contributed by atoms with E-state index in [1.807, 2.05) is 13.8 Å². The maximum atomic E-state index is 12.1. The monoisotopic (exact) mass is 282 g/mol. The van der Waals surface area contributed by atoms with Gasteiger partial charge in [-0.05, 0) is 29.6 Å². The number of amides is 1. The summed E-state index contributed by atoms with van der Waals surface area (Å²) in [5.74, 6) is -0.0681. The molecule has 0 aliphatic heterocycles. The Balaban J connectivity index is 2.20. The van der Waals surface area contributed by atoms with Crippen molar-refractivity contribution in [2.75, 3.05) is 5.32 Å². The molecule has 94 valence electrons. The van der Waals surface area contributed by atoms with Crippen LogP contribution in [0.3, 0.4) is 0 Å². The topological polar surface area (TPSA) is 67.8 Å². The van der Waals surface area contributed by atoms with Gasteiger partial charge in [-0.3, -0.25) is 4.79 Å². The van der Waals surface area contributed by atoms with E-state index in [4.69, 9.17) is 11.6 Å². The molecule has 0 saturated carbocycles. The zero-order valence-corrected chi connectivity index (χ0v) is 11.4. The summed E-state index contributed by atoms with van der Waals surface area (Å²) in [4.78, 5) is 16.4. The number of anilines is 1. The normalized spacial score (nSPS) is 10.7. The predicted octanol–water partition coefficient (Wildman–Crippen LogP) is 2.96. The maximum Gasteiger partial charge on any atom is 0.269 e. The number of aromatic nitrogens is 3. The van der Waals surface area contributed by atoms with Crippen molar-refractivity contribution in [3.63, 3.8) is 0 Å². The Morgan fingerprint density at radius 2 is 2.28 bits per heavy atom. The molecule has 2 aromatic rings. The molecular formula is C11H11ClN4OS. The molecule has 0 aliphatic carbocycles. The number of rotatable bonds is 3. The number of nitrogens with zero attached hydrogens (tertiary/aromatic N) is 3. The average molecular weight is 283 g/mol. The summed E-state index contributed by atoms with van der Waals surface area (Å²) < 4.78 is 3.82. The van der Waals surface area contributed by atoms with Crippen LogP contribution >= 0.6 is 23.1 Å². The first kappa shape index (κ1) is 12.9. The lowest BCUT2D eigenvalue weighted by atomic mass is 10.1. The van der Waals surface area contributed by atoms with Gasteiger partial charge < -0.3 is 5.32 Å². The molecule has 0 spiro atoms. The Hall–Kier alpha value is -1.53. The second-order valence-corrected chi connectivity index (χ2v) is 5.10. The summed E-state index contributed by atoms with van der Waals surface area (Å²) in [5.41, 5.74) is 1.31. The number of hydrogen-bond donors (Lipinski definition) is 1. The summed E-state index contributed by atoms with van der Waals surface area (Å²) in [6.07, 6.45) is 1.53. The molecule has 0 saturated heterocycles. The molecule has 0 bridgehead atoms. The van der Waals surface area contributed by atoms with E-state index >= 15 is 0 Å². The zero-order valence-electron chi connectivity index (χ0n) is 9.85. The van der Waals surface area contributed by atoms with Crippen LogP contribution in [0, 0.1) is 0 Å². The molecule has 0 unspecified atom stereocenters. The summed E-state index contributed by atoms with van der Waals surface area (Å²) in [6, 6.07) is 3.26. The van der Waals surface area contributed by atoms with Crippen LogP contribution in [0.1, 0.15) is 35.1 Å². The second kappa shape index (κ2) is 5.41. The minimum atomic E-state index is -0.226. The third-order valence-electron chi connectivity index (χ3n) is 2.25. The summed E-state index contributed by atoms with van der Waals surface area (Å²) in [6.45, 7) is 3.94. The lowest BCUT2D eigenvalue weighted by molar-refractivity contribution is 0.102. The highest BCUT2D eigenvalue weighted by atomic mass is 35.5. The van der Waals surface area contributed by atoms with Gasteiger partial charge in [0.2, 0.25) is 0 Å². The summed E-state index contributed by atoms with van der Waals surface area (Å²) >= 11 is 6.84. The molecule has 0 aliphatic rings. The maximum absolute atomic E-state index is 12.1. The third-order valence-corrected chi connectivity index (χ3v) is 3.20. The van der Waals surface area contributed by atoms with Crippen LogP contribution in [0.25, 0.3) is 0 Å². The Bertz CT molecular complexity index is 570. The molecule has 0 fully saturated rings. The van der Waals surface area contributed by atoms with Crippen LogP contribution in [-0.2, 0) is 0 Å². The van der Waals surface area contributed by atoms with Crippen molar-refractivity contribution in [3.8, 4) is 0 Å². The fourth-order valence-corrected chi connectivity index (χ4v) is 2.29. The van der Waals surface area contributed by atoms with Gasteiger partial charge in [-0.2, -0.15) is 0 Å². The third kappa shape index (κ3) is 2.83. The summed E-state index contributed by atoms with van der Waals surface area (Å²) in [5, 5.41) is 7.05. The number of halogens is 1. The number of carbonyl (C=O) groups is 1. The Morgan fingerprint density at radius 1 is 1.50 bits per heavy atom. The number of hydrogen-bond acceptors (Lipinski definition) is 5. The van der Waals surface area contributed by atoms with Crippen LogP contribution in [-0.4, -0.2) is 20.5 Å². The first-order valence-corrected chi connectivity index (χ1v) is 6.48. The summed E-state index contributed by atoms with van der Waals surface area (Å²) in [7, 11) is 0. The van der Waals surface area contributed by atoms with E-state index < -0.39 is 0 Å². The van der Waals surface area contributed by atoms with Crippen molar-refractivity contribution >= 4 is 34.7 Å². The van der Waals surface area contributed by atoms with Gasteiger partial charge in [0.1, 0.15) is 10.0 Å². The van der Waals surface area contributed by atoms with Gasteiger partial charge in [-0.25, -0.2) is 4.98 Å². The molecular weight excluding hydrogens is 272 g/mol. The van der Waals surface area contributed by atoms with E-state index in [9.17, 15) is 4.79 Å². The average Bonchev–Trinajstić information content (AvgIpc) is 2.77. The van der Waals surface area contributed by atoms with Crippen molar-refractivity contribution in [1.29, 1.82) is 0 Å². The van der Waals surface area contributed by atoms with E-state index in [2.05, 4.69) is 19.9 Å². The van der Waals surface area contributed by atoms with Gasteiger partial charge in [0.15, 0.2) is 0 Å². The van der Waals surface area contributed by atoms with E-state index in [-0.39, 0.29) is 11.8 Å². The minimum Gasteiger partial charge on any atom is -0.321 e. The molecule has 18 heavy (non-hydrogen) atoms. The Labute approximate surface area is 113 Å². The highest BCUT2D eigenvalue weighted by molar-refractivity contribution is 7.08. The zero-order chi connectivity index (χ0) is 13.1. The highest BCUT2D eigenvalue weighted by Crippen LogP contribution is 2.21. The molecule has 2 heterocycles. The number of pyridine rings is 1. The molecule has 2 aromatic heterocycles. The van der Waals surface area contributed by atoms with E-state index in [1.54, 1.807) is 12.1 Å². The molecule has 0 aromatic carbocycles. The molecule has 5 nitrogen and oxygen atoms in total. The smallest absolute Gasteiger partial charge is 0.269 e. The molecule has 0 atom stereocenters. The molecule has 1 N–H and O–H groups in total. The van der Waals surface area contributed by atoms with Gasteiger partial charge in [-0.15, -0.1) is 5.10 Å². The first-order valence-electron chi connectivity index (χ1n) is 5.33. The molecule has 7 heteroatoms. The number of carbonyl (C=O) groups excluding carboxylic acids is 1. The van der Waals surface area contributed by atoms with Crippen molar-refractivity contribution in [1.82, 2.24) is 14.6 Å². The lowest BCUT2D eigenvalue weighted by Crippen LogP contribution is -2.13. The fraction of sp³-hybridized carbons (Fsp3) is 0.273. The Kier molecular flexibility index (Phi) is 3.88.